The summed E-state index contributed by atoms with van der Waals surface area (Å²) in [4.78, 5) is 49.2. The first-order valence-corrected chi connectivity index (χ1v) is 12.4. The number of carbonyl (C=O) groups excluding carboxylic acids is 2. The smallest absolute Gasteiger partial charge is 0.341 e. The van der Waals surface area contributed by atoms with Crippen LogP contribution in [0.4, 0.5) is 0 Å². The predicted octanol–water partition coefficient (Wildman–Crippen LogP) is 2.93. The highest BCUT2D eigenvalue weighted by atomic mass is 16.5. The van der Waals surface area contributed by atoms with E-state index in [1.54, 1.807) is 43.0 Å². The van der Waals surface area contributed by atoms with Gasteiger partial charge in [-0.25, -0.2) is 9.78 Å². The van der Waals surface area contributed by atoms with Gasteiger partial charge in [-0.15, -0.1) is 0 Å². The molecule has 11 heteroatoms. The average Bonchev–Trinajstić information content (AvgIpc) is 2.94. The number of benzene rings is 1. The summed E-state index contributed by atoms with van der Waals surface area (Å²) in [5, 5.41) is 0.191. The lowest BCUT2D eigenvalue weighted by atomic mass is 10.1. The van der Waals surface area contributed by atoms with Gasteiger partial charge in [0.15, 0.2) is 17.0 Å². The summed E-state index contributed by atoms with van der Waals surface area (Å²) in [6.45, 7) is 4.28. The molecular formula is C28H30N4O7. The van der Waals surface area contributed by atoms with Crippen molar-refractivity contribution in [2.75, 3.05) is 34.5 Å². The van der Waals surface area contributed by atoms with Gasteiger partial charge in [-0.2, -0.15) is 4.99 Å². The average molecular weight is 535 g/mol. The van der Waals surface area contributed by atoms with Gasteiger partial charge >= 0.3 is 5.97 Å². The van der Waals surface area contributed by atoms with Crippen molar-refractivity contribution in [3.8, 4) is 11.5 Å². The Bertz CT molecular complexity index is 1690. The van der Waals surface area contributed by atoms with E-state index in [1.165, 1.54) is 30.8 Å². The number of nitrogens with zero attached hydrogens (tertiary/aromatic N) is 4. The van der Waals surface area contributed by atoms with Gasteiger partial charge in [0.05, 0.1) is 26.2 Å². The molecule has 39 heavy (non-hydrogen) atoms. The van der Waals surface area contributed by atoms with Crippen LogP contribution in [0, 0.1) is 6.92 Å². The van der Waals surface area contributed by atoms with Crippen LogP contribution in [0.15, 0.2) is 52.4 Å². The Hall–Kier alpha value is -4.51. The number of amides is 1. The highest BCUT2D eigenvalue weighted by Crippen LogP contribution is 2.27. The molecule has 0 aliphatic carbocycles. The summed E-state index contributed by atoms with van der Waals surface area (Å²) in [5.74, 6) is -0.539. The fourth-order valence-electron chi connectivity index (χ4n) is 4.28. The van der Waals surface area contributed by atoms with Crippen molar-refractivity contribution < 1.29 is 28.5 Å². The summed E-state index contributed by atoms with van der Waals surface area (Å²) in [6.07, 6.45) is 2.12. The number of fused-ring (bicyclic) bond motifs is 2. The van der Waals surface area contributed by atoms with Crippen LogP contribution in [0.1, 0.15) is 39.6 Å². The normalized spacial score (nSPS) is 11.7. The zero-order valence-corrected chi connectivity index (χ0v) is 22.5. The quantitative estimate of drug-likeness (QED) is 0.183. The molecule has 0 aliphatic heterocycles. The van der Waals surface area contributed by atoms with Gasteiger partial charge in [0.1, 0.15) is 16.9 Å². The highest BCUT2D eigenvalue weighted by molar-refractivity contribution is 5.97. The first-order chi connectivity index (χ1) is 18.8. The number of methoxy groups -OCH3 is 3. The largest absolute Gasteiger partial charge is 0.493 e. The van der Waals surface area contributed by atoms with E-state index in [1.807, 2.05) is 13.0 Å². The minimum absolute atomic E-state index is 0.0258. The number of esters is 1. The first-order valence-electron chi connectivity index (χ1n) is 12.4. The summed E-state index contributed by atoms with van der Waals surface area (Å²) in [5.41, 5.74) is 1.39. The van der Waals surface area contributed by atoms with Crippen molar-refractivity contribution in [1.29, 1.82) is 0 Å². The minimum Gasteiger partial charge on any atom is -0.493 e. The first kappa shape index (κ1) is 27.5. The topological polar surface area (TPSA) is 123 Å². The molecule has 204 valence electrons. The number of rotatable bonds is 9. The third-order valence-electron chi connectivity index (χ3n) is 6.17. The second kappa shape index (κ2) is 11.9. The van der Waals surface area contributed by atoms with Crippen molar-refractivity contribution in [3.63, 3.8) is 0 Å². The number of aromatic nitrogens is 3. The summed E-state index contributed by atoms with van der Waals surface area (Å²) < 4.78 is 24.1. The minimum atomic E-state index is -0.715. The maximum atomic E-state index is 13.6. The van der Waals surface area contributed by atoms with Crippen LogP contribution in [0.2, 0.25) is 0 Å². The number of carbonyl (C=O) groups is 2. The Kier molecular flexibility index (Phi) is 8.40. The van der Waals surface area contributed by atoms with Crippen LogP contribution in [0.25, 0.3) is 16.7 Å². The molecule has 0 bridgehead atoms. The molecule has 4 aromatic rings. The van der Waals surface area contributed by atoms with Crippen LogP contribution in [-0.2, 0) is 16.0 Å². The number of hydrogen-bond acceptors (Lipinski definition) is 8. The molecule has 0 N–H and O–H groups in total. The lowest BCUT2D eigenvalue weighted by Crippen LogP contribution is -2.33. The van der Waals surface area contributed by atoms with E-state index in [0.717, 1.165) is 5.56 Å². The molecule has 0 atom stereocenters. The van der Waals surface area contributed by atoms with Crippen LogP contribution in [-0.4, -0.2) is 60.4 Å². The molecular weight excluding hydrogens is 504 g/mol. The van der Waals surface area contributed by atoms with Crippen molar-refractivity contribution in [2.45, 2.75) is 26.8 Å². The lowest BCUT2D eigenvalue weighted by molar-refractivity contribution is 0.0523. The van der Waals surface area contributed by atoms with Gasteiger partial charge in [-0.05, 0) is 56.2 Å². The molecule has 3 aromatic heterocycles. The number of aryl methyl sites for hydroxylation is 2. The zero-order valence-electron chi connectivity index (χ0n) is 22.5. The third kappa shape index (κ3) is 5.39. The van der Waals surface area contributed by atoms with Crippen LogP contribution in [0.5, 0.6) is 11.5 Å². The molecule has 0 radical (unpaired) electrons. The molecule has 0 saturated carbocycles. The third-order valence-corrected chi connectivity index (χ3v) is 6.17. The fourth-order valence-corrected chi connectivity index (χ4v) is 4.28. The van der Waals surface area contributed by atoms with Crippen molar-refractivity contribution in [2.24, 2.45) is 4.99 Å². The number of ether oxygens (including phenoxy) is 4. The Morgan fingerprint density at radius 2 is 1.79 bits per heavy atom. The molecule has 0 unspecified atom stereocenters. The van der Waals surface area contributed by atoms with Gasteiger partial charge in [-0.1, -0.05) is 6.07 Å². The molecule has 11 nitrogen and oxygen atoms in total. The van der Waals surface area contributed by atoms with E-state index in [2.05, 4.69) is 4.99 Å². The predicted molar refractivity (Wildman–Crippen MR) is 144 cm³/mol. The summed E-state index contributed by atoms with van der Waals surface area (Å²) >= 11 is 0. The summed E-state index contributed by atoms with van der Waals surface area (Å²) in [7, 11) is 4.53. The maximum absolute atomic E-state index is 13.6. The lowest BCUT2D eigenvalue weighted by Gasteiger charge is -2.15. The number of pyridine rings is 2. The Morgan fingerprint density at radius 1 is 1.03 bits per heavy atom. The van der Waals surface area contributed by atoms with Crippen molar-refractivity contribution >= 4 is 28.6 Å². The van der Waals surface area contributed by atoms with Gasteiger partial charge in [0.25, 0.3) is 11.5 Å². The molecule has 0 aliphatic rings. The molecule has 1 aromatic carbocycles. The summed E-state index contributed by atoms with van der Waals surface area (Å²) in [6, 6.07) is 9.65. The van der Waals surface area contributed by atoms with Gasteiger partial charge in [0.2, 0.25) is 0 Å². The highest BCUT2D eigenvalue weighted by Gasteiger charge is 2.21. The molecule has 0 spiro atoms. The van der Waals surface area contributed by atoms with E-state index in [4.69, 9.17) is 23.9 Å². The fraction of sp³-hybridized carbons (Fsp3) is 0.321. The molecule has 1 amide bonds. The van der Waals surface area contributed by atoms with Crippen LogP contribution >= 0.6 is 0 Å². The zero-order chi connectivity index (χ0) is 28.1. The van der Waals surface area contributed by atoms with Crippen molar-refractivity contribution in [1.82, 2.24) is 14.0 Å². The Balaban J connectivity index is 2.08. The van der Waals surface area contributed by atoms with Crippen LogP contribution in [0.3, 0.4) is 0 Å². The van der Waals surface area contributed by atoms with E-state index in [9.17, 15) is 14.4 Å². The van der Waals surface area contributed by atoms with Crippen molar-refractivity contribution in [3.05, 3.63) is 75.1 Å². The monoisotopic (exact) mass is 534 g/mol. The molecule has 0 fully saturated rings. The van der Waals surface area contributed by atoms with Crippen LogP contribution < -0.4 is 20.5 Å². The van der Waals surface area contributed by atoms with E-state index < -0.39 is 11.9 Å². The molecule has 3 heterocycles. The van der Waals surface area contributed by atoms with E-state index in [0.29, 0.717) is 30.2 Å². The Morgan fingerprint density at radius 3 is 2.49 bits per heavy atom. The van der Waals surface area contributed by atoms with E-state index in [-0.39, 0.29) is 46.4 Å². The standard InChI is InChI=1S/C28H30N4O7/c1-6-39-28(35)20-16-19-24(29-23-17(2)9-7-12-32(23)27(19)34)31(13-8-14-36-3)25(20)30-26(33)18-10-11-21(37-4)22(15-18)38-5/h7,9-12,15-16H,6,8,13-14H2,1-5H3. The van der Waals surface area contributed by atoms with Gasteiger partial charge in [-0.3, -0.25) is 14.0 Å². The SMILES string of the molecule is CCOC(=O)c1cc2c(=O)n3cccc(C)c3nc2n(CCCOC)c1=NC(=O)c1ccc(OC)c(OC)c1. The molecule has 4 rings (SSSR count). The second-order valence-electron chi connectivity index (χ2n) is 8.63. The molecule has 0 saturated heterocycles. The van der Waals surface area contributed by atoms with E-state index >= 15 is 0 Å². The second-order valence-corrected chi connectivity index (χ2v) is 8.63. The van der Waals surface area contributed by atoms with Gasteiger partial charge < -0.3 is 23.5 Å². The number of hydrogen-bond donors (Lipinski definition) is 0. The Labute approximate surface area is 224 Å². The van der Waals surface area contributed by atoms with Gasteiger partial charge in [0, 0.05) is 32.0 Å². The maximum Gasteiger partial charge on any atom is 0.341 e.